The molecule has 12 heteroatoms. The van der Waals surface area contributed by atoms with Crippen LogP contribution >= 0.6 is 0 Å². The maximum atomic E-state index is 12.7. The molecule has 4 N–H and O–H groups in total. The van der Waals surface area contributed by atoms with Gasteiger partial charge in [0.05, 0.1) is 12.2 Å². The molecule has 8 rings (SSSR count). The Bertz CT molecular complexity index is 1470. The topological polar surface area (TPSA) is 130 Å². The first-order valence-electron chi connectivity index (χ1n) is 22.5. The van der Waals surface area contributed by atoms with Crippen molar-refractivity contribution in [1.82, 2.24) is 30.2 Å². The molecule has 12 nitrogen and oxygen atoms in total. The van der Waals surface area contributed by atoms with Gasteiger partial charge < -0.3 is 40.1 Å². The third-order valence-electron chi connectivity index (χ3n) is 13.7. The molecule has 58 heavy (non-hydrogen) atoms. The van der Waals surface area contributed by atoms with Crippen molar-refractivity contribution in [2.45, 2.75) is 89.5 Å². The highest BCUT2D eigenvalue weighted by atomic mass is 16.5. The lowest BCUT2D eigenvalue weighted by Gasteiger charge is -2.38. The number of benzene rings is 2. The van der Waals surface area contributed by atoms with Crippen LogP contribution in [0, 0.1) is 23.7 Å². The molecular formula is C46H70N6O6. The summed E-state index contributed by atoms with van der Waals surface area (Å²) in [5, 5.41) is 26.9. The van der Waals surface area contributed by atoms with Gasteiger partial charge in [0.1, 0.15) is 0 Å². The first-order valence-corrected chi connectivity index (χ1v) is 22.5. The van der Waals surface area contributed by atoms with E-state index in [4.69, 9.17) is 9.47 Å². The monoisotopic (exact) mass is 803 g/mol. The van der Waals surface area contributed by atoms with Crippen molar-refractivity contribution in [3.8, 4) is 0 Å². The number of likely N-dealkylation sites (tertiary alicyclic amines) is 2. The second kappa shape index (κ2) is 21.8. The molecule has 6 aliphatic heterocycles. The minimum Gasteiger partial charge on any atom is -0.390 e. The van der Waals surface area contributed by atoms with E-state index in [1.807, 2.05) is 9.80 Å². The molecule has 0 aliphatic carbocycles. The normalized spacial score (nSPS) is 24.7. The summed E-state index contributed by atoms with van der Waals surface area (Å²) in [7, 11) is 0. The van der Waals surface area contributed by atoms with Crippen LogP contribution in [-0.2, 0) is 35.4 Å². The summed E-state index contributed by atoms with van der Waals surface area (Å²) < 4.78 is 11.0. The van der Waals surface area contributed by atoms with Crippen molar-refractivity contribution in [3.63, 3.8) is 0 Å². The maximum Gasteiger partial charge on any atom is 0.317 e. The largest absolute Gasteiger partial charge is 0.390 e. The summed E-state index contributed by atoms with van der Waals surface area (Å²) in [4.78, 5) is 33.8. The molecule has 4 saturated heterocycles. The van der Waals surface area contributed by atoms with Gasteiger partial charge in [-0.25, -0.2) is 9.59 Å². The molecule has 4 fully saturated rings. The molecule has 320 valence electrons. The number of rotatable bonds is 10. The van der Waals surface area contributed by atoms with E-state index in [1.165, 1.54) is 35.1 Å². The number of β-amino-alcohol motifs (C(OH)–C–C–N with tert-alkyl or cyclic N) is 2. The lowest BCUT2D eigenvalue weighted by atomic mass is 9.81. The standard InChI is InChI=1S/2C23H35N3O3/c2*27-22(17-25-11-7-18-4-1-2-5-20(18)15-25)14-24-23(28)26-10-3-6-21(16-26)19-8-12-29-13-9-19/h2*1-2,4-5,19,21-22,27H,3,6-17H2,(H,24,28)/t21-,22+;21-,22-/m10/s1. The Kier molecular flexibility index (Phi) is 16.1. The number of carbonyl (C=O) groups is 2. The molecular weight excluding hydrogens is 733 g/mol. The molecule has 2 aromatic carbocycles. The summed E-state index contributed by atoms with van der Waals surface area (Å²) in [5.74, 6) is 2.56. The number of ether oxygens (including phenoxy) is 2. The van der Waals surface area contributed by atoms with Gasteiger partial charge in [0.15, 0.2) is 0 Å². The highest BCUT2D eigenvalue weighted by Crippen LogP contribution is 2.32. The molecule has 0 bridgehead atoms. The van der Waals surface area contributed by atoms with Gasteiger partial charge in [0, 0.05) is 105 Å². The Labute approximate surface area is 346 Å². The molecule has 4 amide bonds. The first kappa shape index (κ1) is 42.8. The van der Waals surface area contributed by atoms with E-state index in [9.17, 15) is 19.8 Å². The highest BCUT2D eigenvalue weighted by molar-refractivity contribution is 5.74. The molecule has 6 aliphatic rings. The maximum absolute atomic E-state index is 12.7. The summed E-state index contributed by atoms with van der Waals surface area (Å²) in [6, 6.07) is 17.0. The van der Waals surface area contributed by atoms with Gasteiger partial charge >= 0.3 is 12.1 Å². The number of aliphatic hydroxyl groups excluding tert-OH is 2. The summed E-state index contributed by atoms with van der Waals surface area (Å²) in [6.07, 6.45) is 10.0. The van der Waals surface area contributed by atoms with Crippen LogP contribution in [0.1, 0.15) is 73.6 Å². The average molecular weight is 803 g/mol. The predicted octanol–water partition coefficient (Wildman–Crippen LogP) is 4.51. The van der Waals surface area contributed by atoms with E-state index in [0.717, 1.165) is 130 Å². The third kappa shape index (κ3) is 12.4. The number of carbonyl (C=O) groups excluding carboxylic acids is 2. The van der Waals surface area contributed by atoms with E-state index in [1.54, 1.807) is 0 Å². The van der Waals surface area contributed by atoms with Crippen LogP contribution in [0.5, 0.6) is 0 Å². The smallest absolute Gasteiger partial charge is 0.317 e. The number of amides is 4. The molecule has 0 spiro atoms. The number of nitrogens with zero attached hydrogens (tertiary/aromatic N) is 4. The van der Waals surface area contributed by atoms with Gasteiger partial charge in [-0.15, -0.1) is 0 Å². The van der Waals surface area contributed by atoms with Crippen molar-refractivity contribution in [2.75, 3.05) is 91.9 Å². The van der Waals surface area contributed by atoms with Gasteiger partial charge in [-0.1, -0.05) is 48.5 Å². The fourth-order valence-electron chi connectivity index (χ4n) is 10.3. The summed E-state index contributed by atoms with van der Waals surface area (Å²) in [6.45, 7) is 12.3. The SMILES string of the molecule is O=C(NC[C@H](O)CN1CCc2ccccc2C1)N1CCC[C@@H](C2CCOCC2)C1.O=C(NC[C@H](O)CN1CCc2ccccc2C1)N1CCC[C@H](C2CCOCC2)C1. The van der Waals surface area contributed by atoms with Crippen molar-refractivity contribution in [2.24, 2.45) is 23.7 Å². The first-order chi connectivity index (χ1) is 28.4. The Morgan fingerprint density at radius 3 is 1.38 bits per heavy atom. The lowest BCUT2D eigenvalue weighted by Crippen LogP contribution is -2.50. The van der Waals surface area contributed by atoms with Crippen molar-refractivity contribution in [1.29, 1.82) is 0 Å². The third-order valence-corrected chi connectivity index (χ3v) is 13.7. The Morgan fingerprint density at radius 2 is 0.966 bits per heavy atom. The molecule has 2 aromatic rings. The minimum absolute atomic E-state index is 0.0233. The van der Waals surface area contributed by atoms with Crippen LogP contribution in [0.25, 0.3) is 0 Å². The van der Waals surface area contributed by atoms with Crippen LogP contribution in [0.4, 0.5) is 9.59 Å². The second-order valence-electron chi connectivity index (χ2n) is 17.8. The Morgan fingerprint density at radius 1 is 0.569 bits per heavy atom. The number of nitrogens with one attached hydrogen (secondary N) is 2. The van der Waals surface area contributed by atoms with Crippen LogP contribution in [0.2, 0.25) is 0 Å². The molecule has 0 aromatic heterocycles. The number of hydrogen-bond acceptors (Lipinski definition) is 8. The van der Waals surface area contributed by atoms with E-state index in [0.29, 0.717) is 49.9 Å². The van der Waals surface area contributed by atoms with Crippen molar-refractivity contribution >= 4 is 12.1 Å². The number of fused-ring (bicyclic) bond motifs is 2. The molecule has 4 atom stereocenters. The fraction of sp³-hybridized carbons (Fsp3) is 0.696. The van der Waals surface area contributed by atoms with Gasteiger partial charge in [-0.05, 0) is 110 Å². The lowest BCUT2D eigenvalue weighted by molar-refractivity contribution is 0.0310. The Hall–Kier alpha value is -3.26. The van der Waals surface area contributed by atoms with Gasteiger partial charge in [-0.3, -0.25) is 9.80 Å². The van der Waals surface area contributed by atoms with Gasteiger partial charge in [-0.2, -0.15) is 0 Å². The number of piperidine rings is 2. The average Bonchev–Trinajstić information content (AvgIpc) is 3.28. The van der Waals surface area contributed by atoms with Crippen LogP contribution in [-0.4, -0.2) is 146 Å². The predicted molar refractivity (Wildman–Crippen MR) is 225 cm³/mol. The van der Waals surface area contributed by atoms with E-state index >= 15 is 0 Å². The molecule has 0 saturated carbocycles. The molecule has 0 radical (unpaired) electrons. The van der Waals surface area contributed by atoms with Gasteiger partial charge in [0.25, 0.3) is 0 Å². The zero-order valence-corrected chi connectivity index (χ0v) is 34.8. The molecule has 6 heterocycles. The number of aliphatic hydroxyl groups is 2. The zero-order valence-electron chi connectivity index (χ0n) is 34.8. The number of urea groups is 2. The van der Waals surface area contributed by atoms with E-state index in [-0.39, 0.29) is 12.1 Å². The van der Waals surface area contributed by atoms with Crippen molar-refractivity contribution in [3.05, 3.63) is 70.8 Å². The second-order valence-corrected chi connectivity index (χ2v) is 17.8. The van der Waals surface area contributed by atoms with Crippen LogP contribution < -0.4 is 10.6 Å². The minimum atomic E-state index is -0.541. The Balaban J connectivity index is 0.000000177. The summed E-state index contributed by atoms with van der Waals surface area (Å²) >= 11 is 0. The quantitative estimate of drug-likeness (QED) is 0.277. The van der Waals surface area contributed by atoms with Crippen LogP contribution in [0.15, 0.2) is 48.5 Å². The summed E-state index contributed by atoms with van der Waals surface area (Å²) in [5.41, 5.74) is 5.52. The number of hydrogen-bond donors (Lipinski definition) is 4. The fourth-order valence-corrected chi connectivity index (χ4v) is 10.3. The van der Waals surface area contributed by atoms with E-state index < -0.39 is 12.2 Å². The zero-order chi connectivity index (χ0) is 40.1. The van der Waals surface area contributed by atoms with Crippen molar-refractivity contribution < 1.29 is 29.3 Å². The highest BCUT2D eigenvalue weighted by Gasteiger charge is 2.32. The van der Waals surface area contributed by atoms with Gasteiger partial charge in [0.2, 0.25) is 0 Å². The van der Waals surface area contributed by atoms with Crippen LogP contribution in [0.3, 0.4) is 0 Å². The molecule has 0 unspecified atom stereocenters. The van der Waals surface area contributed by atoms with E-state index in [2.05, 4.69) is 69.0 Å².